The van der Waals surface area contributed by atoms with Gasteiger partial charge in [0.1, 0.15) is 4.90 Å². The second-order valence-corrected chi connectivity index (χ2v) is 9.46. The van der Waals surface area contributed by atoms with E-state index in [-0.39, 0.29) is 22.6 Å². The number of nitrogens with zero attached hydrogens (tertiary/aromatic N) is 2. The summed E-state index contributed by atoms with van der Waals surface area (Å²) in [4.78, 5) is 25.1. The summed E-state index contributed by atoms with van der Waals surface area (Å²) in [7, 11) is -3.93. The molecule has 0 atom stereocenters. The maximum Gasteiger partial charge on any atom is 0.268 e. The number of sulfonamides is 1. The van der Waals surface area contributed by atoms with Gasteiger partial charge >= 0.3 is 0 Å². The van der Waals surface area contributed by atoms with Crippen LogP contribution in [0.3, 0.4) is 0 Å². The van der Waals surface area contributed by atoms with Crippen LogP contribution in [0.25, 0.3) is 21.8 Å². The molecule has 4 aromatic rings. The Balaban J connectivity index is 1.51. The predicted molar refractivity (Wildman–Crippen MR) is 123 cm³/mol. The number of amides is 2. The standard InChI is InChI=1S/C24H21N3O4S/c1-3-26-20-8-6-5-7-17(20)19-14-16(10-12-21(19)26)25-23(28)15-9-11-18-22(13-15)32(30,31)27(4-2)24(18)29/h5-14H,3-4H2,1-2H3,(H,25,28). The molecule has 0 saturated heterocycles. The van der Waals surface area contributed by atoms with Crippen molar-refractivity contribution in [3.63, 3.8) is 0 Å². The van der Waals surface area contributed by atoms with E-state index in [1.54, 1.807) is 6.92 Å². The van der Waals surface area contributed by atoms with Gasteiger partial charge in [0.2, 0.25) is 0 Å². The molecular weight excluding hydrogens is 426 g/mol. The van der Waals surface area contributed by atoms with Gasteiger partial charge in [-0.05, 0) is 56.3 Å². The number of anilines is 1. The fourth-order valence-electron chi connectivity index (χ4n) is 4.40. The first-order valence-electron chi connectivity index (χ1n) is 10.4. The molecule has 0 aliphatic carbocycles. The molecule has 1 aromatic heterocycles. The van der Waals surface area contributed by atoms with E-state index in [0.29, 0.717) is 5.69 Å². The summed E-state index contributed by atoms with van der Waals surface area (Å²) in [5, 5.41) is 4.98. The van der Waals surface area contributed by atoms with Crippen LogP contribution in [-0.2, 0) is 16.6 Å². The summed E-state index contributed by atoms with van der Waals surface area (Å²) in [6.45, 7) is 4.56. The van der Waals surface area contributed by atoms with Crippen molar-refractivity contribution in [1.29, 1.82) is 0 Å². The first-order valence-corrected chi connectivity index (χ1v) is 11.8. The lowest BCUT2D eigenvalue weighted by Crippen LogP contribution is -2.29. The van der Waals surface area contributed by atoms with Crippen molar-refractivity contribution in [1.82, 2.24) is 8.87 Å². The Labute approximate surface area is 185 Å². The number of aromatic nitrogens is 1. The molecular formula is C24H21N3O4S. The molecule has 7 nitrogen and oxygen atoms in total. The monoisotopic (exact) mass is 447 g/mol. The molecule has 2 heterocycles. The van der Waals surface area contributed by atoms with Gasteiger partial charge in [0.05, 0.1) is 5.56 Å². The van der Waals surface area contributed by atoms with Crippen LogP contribution in [0.1, 0.15) is 34.6 Å². The van der Waals surface area contributed by atoms with Gasteiger partial charge in [-0.15, -0.1) is 0 Å². The summed E-state index contributed by atoms with van der Waals surface area (Å²) in [5.41, 5.74) is 3.08. The number of nitrogens with one attached hydrogen (secondary N) is 1. The molecule has 8 heteroatoms. The first kappa shape index (κ1) is 20.3. The largest absolute Gasteiger partial charge is 0.341 e. The number of para-hydroxylation sites is 1. The molecule has 32 heavy (non-hydrogen) atoms. The van der Waals surface area contributed by atoms with Crippen molar-refractivity contribution < 1.29 is 18.0 Å². The van der Waals surface area contributed by atoms with E-state index < -0.39 is 21.8 Å². The van der Waals surface area contributed by atoms with Crippen LogP contribution in [0.4, 0.5) is 5.69 Å². The Morgan fingerprint density at radius 3 is 2.41 bits per heavy atom. The van der Waals surface area contributed by atoms with E-state index in [0.717, 1.165) is 32.7 Å². The van der Waals surface area contributed by atoms with Crippen LogP contribution in [0.5, 0.6) is 0 Å². The molecule has 2 amide bonds. The number of hydrogen-bond donors (Lipinski definition) is 1. The topological polar surface area (TPSA) is 88.5 Å². The third-order valence-electron chi connectivity index (χ3n) is 5.90. The first-order chi connectivity index (χ1) is 15.4. The molecule has 0 radical (unpaired) electrons. The number of benzene rings is 3. The fourth-order valence-corrected chi connectivity index (χ4v) is 6.01. The second kappa shape index (κ2) is 7.20. The summed E-state index contributed by atoms with van der Waals surface area (Å²) >= 11 is 0. The molecule has 1 aliphatic rings. The lowest BCUT2D eigenvalue weighted by molar-refractivity contribution is 0.0875. The van der Waals surface area contributed by atoms with Crippen LogP contribution in [0, 0.1) is 0 Å². The second-order valence-electron chi connectivity index (χ2n) is 7.63. The van der Waals surface area contributed by atoms with Crippen LogP contribution >= 0.6 is 0 Å². The molecule has 5 rings (SSSR count). The number of carbonyl (C=O) groups is 2. The van der Waals surface area contributed by atoms with E-state index in [9.17, 15) is 18.0 Å². The van der Waals surface area contributed by atoms with Crippen LogP contribution in [0.15, 0.2) is 65.6 Å². The number of rotatable bonds is 4. The van der Waals surface area contributed by atoms with Crippen molar-refractivity contribution in [2.24, 2.45) is 0 Å². The highest BCUT2D eigenvalue weighted by Crippen LogP contribution is 2.32. The molecule has 0 spiro atoms. The molecule has 162 valence electrons. The molecule has 1 N–H and O–H groups in total. The maximum atomic E-state index is 12.9. The highest BCUT2D eigenvalue weighted by molar-refractivity contribution is 7.90. The number of aryl methyl sites for hydroxylation is 1. The lowest BCUT2D eigenvalue weighted by Gasteiger charge is -2.11. The zero-order valence-corrected chi connectivity index (χ0v) is 18.4. The van der Waals surface area contributed by atoms with Crippen LogP contribution < -0.4 is 5.32 Å². The molecule has 3 aromatic carbocycles. The van der Waals surface area contributed by atoms with Crippen LogP contribution in [-0.4, -0.2) is 35.6 Å². The Bertz CT molecular complexity index is 1540. The van der Waals surface area contributed by atoms with E-state index in [4.69, 9.17) is 0 Å². The van der Waals surface area contributed by atoms with Gasteiger partial charge in [-0.1, -0.05) is 18.2 Å². The van der Waals surface area contributed by atoms with Crippen molar-refractivity contribution in [3.8, 4) is 0 Å². The third kappa shape index (κ3) is 2.83. The Kier molecular flexibility index (Phi) is 4.56. The number of fused-ring (bicyclic) bond motifs is 4. The molecule has 0 unspecified atom stereocenters. The Morgan fingerprint density at radius 1 is 0.906 bits per heavy atom. The van der Waals surface area contributed by atoms with Crippen molar-refractivity contribution >= 4 is 49.3 Å². The van der Waals surface area contributed by atoms with Crippen molar-refractivity contribution in [2.45, 2.75) is 25.3 Å². The minimum Gasteiger partial charge on any atom is -0.341 e. The van der Waals surface area contributed by atoms with E-state index in [1.165, 1.54) is 18.2 Å². The third-order valence-corrected chi connectivity index (χ3v) is 7.80. The average Bonchev–Trinajstić information content (AvgIpc) is 3.21. The minimum atomic E-state index is -3.93. The Morgan fingerprint density at radius 2 is 1.66 bits per heavy atom. The summed E-state index contributed by atoms with van der Waals surface area (Å²) in [5.74, 6) is -1.00. The van der Waals surface area contributed by atoms with Gasteiger partial charge in [-0.2, -0.15) is 0 Å². The fraction of sp³-hybridized carbons (Fsp3) is 0.167. The van der Waals surface area contributed by atoms with Gasteiger partial charge in [0.25, 0.3) is 21.8 Å². The Hall–Kier alpha value is -3.65. The van der Waals surface area contributed by atoms with Gasteiger partial charge in [0.15, 0.2) is 0 Å². The van der Waals surface area contributed by atoms with Gasteiger partial charge < -0.3 is 9.88 Å². The summed E-state index contributed by atoms with van der Waals surface area (Å²) in [6.07, 6.45) is 0. The highest BCUT2D eigenvalue weighted by atomic mass is 32.2. The lowest BCUT2D eigenvalue weighted by atomic mass is 10.1. The molecule has 0 saturated carbocycles. The van der Waals surface area contributed by atoms with Crippen LogP contribution in [0.2, 0.25) is 0 Å². The number of hydrogen-bond acceptors (Lipinski definition) is 4. The van der Waals surface area contributed by atoms with Gasteiger partial charge in [-0.25, -0.2) is 12.7 Å². The predicted octanol–water partition coefficient (Wildman–Crippen LogP) is 4.23. The van der Waals surface area contributed by atoms with E-state index >= 15 is 0 Å². The van der Waals surface area contributed by atoms with Gasteiger partial charge in [-0.3, -0.25) is 9.59 Å². The normalized spacial score (nSPS) is 14.8. The molecule has 0 fully saturated rings. The van der Waals surface area contributed by atoms with E-state index in [1.807, 2.05) is 30.3 Å². The smallest absolute Gasteiger partial charge is 0.268 e. The van der Waals surface area contributed by atoms with Crippen molar-refractivity contribution in [3.05, 3.63) is 71.8 Å². The van der Waals surface area contributed by atoms with E-state index in [2.05, 4.69) is 28.9 Å². The highest BCUT2D eigenvalue weighted by Gasteiger charge is 2.40. The summed E-state index contributed by atoms with van der Waals surface area (Å²) < 4.78 is 28.3. The zero-order valence-electron chi connectivity index (χ0n) is 17.6. The quantitative estimate of drug-likeness (QED) is 0.507. The molecule has 0 bridgehead atoms. The molecule has 1 aliphatic heterocycles. The van der Waals surface area contributed by atoms with Gasteiger partial charge in [0, 0.05) is 46.1 Å². The number of carbonyl (C=O) groups excluding carboxylic acids is 2. The minimum absolute atomic E-state index is 0.0444. The zero-order chi connectivity index (χ0) is 22.6. The average molecular weight is 448 g/mol. The summed E-state index contributed by atoms with van der Waals surface area (Å²) in [6, 6.07) is 18.0. The maximum absolute atomic E-state index is 12.9. The van der Waals surface area contributed by atoms with Crippen molar-refractivity contribution in [2.75, 3.05) is 11.9 Å². The SMILES string of the molecule is CCN1C(=O)c2ccc(C(=O)Nc3ccc4c(c3)c3ccccc3n4CC)cc2S1(=O)=O.